The van der Waals surface area contributed by atoms with Gasteiger partial charge in [-0.25, -0.2) is 9.78 Å². The van der Waals surface area contributed by atoms with Crippen LogP contribution in [0.1, 0.15) is 118 Å². The lowest BCUT2D eigenvalue weighted by Crippen LogP contribution is -2.50. The van der Waals surface area contributed by atoms with E-state index in [9.17, 15) is 4.79 Å². The number of aromatic nitrogens is 3. The van der Waals surface area contributed by atoms with Crippen LogP contribution < -0.4 is 5.32 Å². The Bertz CT molecular complexity index is 1410. The summed E-state index contributed by atoms with van der Waals surface area (Å²) < 4.78 is 14.9. The Morgan fingerprint density at radius 2 is 1.73 bits per heavy atom. The molecule has 1 N–H and O–H groups in total. The SMILES string of the molecule is CCCCNc1ncc2c(C3=CCC(CN4CCN(C(=O)OC(C)(C)C)CC4)CC3)cn(C3CCC(O[Si](C)(C)C(C)(C)C)CC3)c2n1. The number of allylic oxidation sites excluding steroid dienone is 2. The third kappa shape index (κ3) is 9.21. The van der Waals surface area contributed by atoms with Crippen LogP contribution in [0.2, 0.25) is 18.1 Å². The largest absolute Gasteiger partial charge is 0.444 e. The third-order valence-corrected chi connectivity index (χ3v) is 15.6. The summed E-state index contributed by atoms with van der Waals surface area (Å²) in [5.41, 5.74) is 3.37. The van der Waals surface area contributed by atoms with Crippen LogP contribution in [0.4, 0.5) is 10.7 Å². The maximum absolute atomic E-state index is 12.5. The maximum atomic E-state index is 12.5. The normalized spacial score (nSPS) is 23.3. The number of fused-ring (bicyclic) bond motifs is 1. The van der Waals surface area contributed by atoms with Gasteiger partial charge < -0.3 is 23.9 Å². The highest BCUT2D eigenvalue weighted by Crippen LogP contribution is 2.42. The molecule has 5 rings (SSSR count). The quantitative estimate of drug-likeness (QED) is 0.198. The minimum absolute atomic E-state index is 0.188. The van der Waals surface area contributed by atoms with Crippen LogP contribution in [0.15, 0.2) is 18.5 Å². The molecule has 2 aromatic heterocycles. The lowest BCUT2D eigenvalue weighted by atomic mass is 9.86. The average Bonchev–Trinajstić information content (AvgIpc) is 3.40. The van der Waals surface area contributed by atoms with E-state index >= 15 is 0 Å². The zero-order valence-corrected chi connectivity index (χ0v) is 32.5. The molecule has 1 saturated carbocycles. The number of ether oxygens (including phenoxy) is 1. The number of carbonyl (C=O) groups is 1. The summed E-state index contributed by atoms with van der Waals surface area (Å²) in [7, 11) is -1.78. The molecule has 1 amide bonds. The van der Waals surface area contributed by atoms with E-state index in [0.717, 1.165) is 102 Å². The monoisotopic (exact) mass is 680 g/mol. The second kappa shape index (κ2) is 15.2. The highest BCUT2D eigenvalue weighted by Gasteiger charge is 2.40. The molecule has 0 aromatic carbocycles. The molecule has 48 heavy (non-hydrogen) atoms. The molecule has 2 fully saturated rings. The highest BCUT2D eigenvalue weighted by molar-refractivity contribution is 6.74. The number of anilines is 1. The van der Waals surface area contributed by atoms with Crippen molar-refractivity contribution >= 4 is 37.0 Å². The molecule has 2 aliphatic carbocycles. The number of hydrogen-bond donors (Lipinski definition) is 1. The summed E-state index contributed by atoms with van der Waals surface area (Å²) in [6.45, 7) is 25.0. The Labute approximate surface area is 291 Å². The predicted molar refractivity (Wildman–Crippen MR) is 200 cm³/mol. The second-order valence-electron chi connectivity index (χ2n) is 17.1. The molecule has 0 radical (unpaired) electrons. The number of piperazine rings is 1. The van der Waals surface area contributed by atoms with Gasteiger partial charge in [0.2, 0.25) is 5.95 Å². The van der Waals surface area contributed by atoms with Crippen LogP contribution in [0.25, 0.3) is 16.6 Å². The number of carbonyl (C=O) groups excluding carboxylic acids is 1. The average molecular weight is 681 g/mol. The third-order valence-electron chi connectivity index (χ3n) is 11.1. The van der Waals surface area contributed by atoms with Gasteiger partial charge in [0.25, 0.3) is 0 Å². The summed E-state index contributed by atoms with van der Waals surface area (Å²) in [4.78, 5) is 26.8. The van der Waals surface area contributed by atoms with Crippen molar-refractivity contribution in [3.63, 3.8) is 0 Å². The van der Waals surface area contributed by atoms with E-state index < -0.39 is 13.9 Å². The molecule has 10 heteroatoms. The molecule has 1 aliphatic heterocycles. The molecular formula is C38H64N6O3Si. The van der Waals surface area contributed by atoms with Crippen molar-refractivity contribution in [2.75, 3.05) is 44.6 Å². The van der Waals surface area contributed by atoms with Crippen LogP contribution in [0, 0.1) is 5.92 Å². The fourth-order valence-corrected chi connectivity index (χ4v) is 8.59. The van der Waals surface area contributed by atoms with Crippen molar-refractivity contribution in [3.8, 4) is 0 Å². The van der Waals surface area contributed by atoms with E-state index in [1.54, 1.807) is 0 Å². The van der Waals surface area contributed by atoms with Gasteiger partial charge in [-0.2, -0.15) is 4.98 Å². The van der Waals surface area contributed by atoms with Gasteiger partial charge in [-0.3, -0.25) is 4.90 Å². The van der Waals surface area contributed by atoms with Crippen molar-refractivity contribution in [1.82, 2.24) is 24.3 Å². The van der Waals surface area contributed by atoms with Gasteiger partial charge in [0.1, 0.15) is 11.2 Å². The van der Waals surface area contributed by atoms with Crippen LogP contribution >= 0.6 is 0 Å². The zero-order chi connectivity index (χ0) is 34.7. The van der Waals surface area contributed by atoms with E-state index in [0.29, 0.717) is 18.1 Å². The Balaban J connectivity index is 1.25. The number of nitrogens with one attached hydrogen (secondary N) is 1. The molecule has 3 aliphatic rings. The number of unbranched alkanes of at least 4 members (excludes halogenated alkanes) is 1. The molecule has 2 aromatic rings. The standard InChI is InChI=1S/C38H64N6O3Si/c1-10-11-20-39-35-40-25-32-33(27-44(34(32)41-35)30-16-18-31(19-17-30)47-48(8,9)38(5,6)7)29-14-12-28(13-15-29)26-42-21-23-43(24-22-42)36(45)46-37(2,3)4/h14,25,27-28,30-31H,10-13,15-24,26H2,1-9H3,(H,39,40,41). The number of hydrogen-bond acceptors (Lipinski definition) is 7. The van der Waals surface area contributed by atoms with Gasteiger partial charge in [0.15, 0.2) is 8.32 Å². The van der Waals surface area contributed by atoms with Crippen molar-refractivity contribution in [2.24, 2.45) is 5.92 Å². The van der Waals surface area contributed by atoms with Gasteiger partial charge in [-0.15, -0.1) is 0 Å². The first kappa shape index (κ1) is 36.8. The summed E-state index contributed by atoms with van der Waals surface area (Å²) in [5, 5.41) is 4.88. The van der Waals surface area contributed by atoms with Gasteiger partial charge in [-0.05, 0) is 102 Å². The Hall–Kier alpha value is -2.43. The predicted octanol–water partition coefficient (Wildman–Crippen LogP) is 8.89. The molecule has 9 nitrogen and oxygen atoms in total. The summed E-state index contributed by atoms with van der Waals surface area (Å²) in [5.74, 6) is 1.37. The molecule has 1 unspecified atom stereocenters. The lowest BCUT2D eigenvalue weighted by Gasteiger charge is -2.41. The van der Waals surface area contributed by atoms with Gasteiger partial charge in [0.05, 0.1) is 0 Å². The van der Waals surface area contributed by atoms with E-state index in [-0.39, 0.29) is 11.1 Å². The molecular weight excluding hydrogens is 617 g/mol. The zero-order valence-electron chi connectivity index (χ0n) is 31.5. The van der Waals surface area contributed by atoms with E-state index in [4.69, 9.17) is 19.1 Å². The van der Waals surface area contributed by atoms with Crippen molar-refractivity contribution < 1.29 is 14.0 Å². The first-order valence-corrected chi connectivity index (χ1v) is 21.7. The van der Waals surface area contributed by atoms with Gasteiger partial charge >= 0.3 is 6.09 Å². The molecule has 1 saturated heterocycles. The molecule has 0 bridgehead atoms. The van der Waals surface area contributed by atoms with Crippen LogP contribution in [0.3, 0.4) is 0 Å². The smallest absolute Gasteiger partial charge is 0.410 e. The Kier molecular flexibility index (Phi) is 11.7. The molecule has 3 heterocycles. The first-order valence-electron chi connectivity index (χ1n) is 18.8. The number of nitrogens with zero attached hydrogens (tertiary/aromatic N) is 5. The number of rotatable bonds is 10. The van der Waals surface area contributed by atoms with Crippen molar-refractivity contribution in [2.45, 2.75) is 142 Å². The van der Waals surface area contributed by atoms with Crippen molar-refractivity contribution in [3.05, 3.63) is 24.0 Å². The fraction of sp³-hybridized carbons (Fsp3) is 0.763. The van der Waals surface area contributed by atoms with Gasteiger partial charge in [0, 0.05) is 74.8 Å². The lowest BCUT2D eigenvalue weighted by molar-refractivity contribution is 0.0132. The van der Waals surface area contributed by atoms with Gasteiger partial charge in [-0.1, -0.05) is 40.2 Å². The van der Waals surface area contributed by atoms with Crippen LogP contribution in [0.5, 0.6) is 0 Å². The minimum Gasteiger partial charge on any atom is -0.444 e. The summed E-state index contributed by atoms with van der Waals surface area (Å²) >= 11 is 0. The summed E-state index contributed by atoms with van der Waals surface area (Å²) in [6, 6.07) is 0.426. The molecule has 1 atom stereocenters. The van der Waals surface area contributed by atoms with E-state index in [1.165, 1.54) is 22.9 Å². The molecule has 0 spiro atoms. The second-order valence-corrected chi connectivity index (χ2v) is 21.9. The molecule has 268 valence electrons. The fourth-order valence-electron chi connectivity index (χ4n) is 7.16. The van der Waals surface area contributed by atoms with Crippen molar-refractivity contribution in [1.29, 1.82) is 0 Å². The summed E-state index contributed by atoms with van der Waals surface area (Å²) in [6.07, 6.45) is 17.2. The topological polar surface area (TPSA) is 84.8 Å². The Morgan fingerprint density at radius 3 is 2.33 bits per heavy atom. The maximum Gasteiger partial charge on any atom is 0.410 e. The first-order chi connectivity index (χ1) is 22.6. The van der Waals surface area contributed by atoms with E-state index in [2.05, 4.69) is 74.0 Å². The number of amides is 1. The van der Waals surface area contributed by atoms with Crippen LogP contribution in [-0.4, -0.2) is 89.7 Å². The Morgan fingerprint density at radius 1 is 1.02 bits per heavy atom. The minimum atomic E-state index is -1.78. The van der Waals surface area contributed by atoms with Crippen LogP contribution in [-0.2, 0) is 9.16 Å². The van der Waals surface area contributed by atoms with E-state index in [1.807, 2.05) is 25.7 Å². The highest BCUT2D eigenvalue weighted by atomic mass is 28.4.